The maximum absolute atomic E-state index is 12.5. The van der Waals surface area contributed by atoms with Crippen LogP contribution in [0.1, 0.15) is 39.0 Å². The van der Waals surface area contributed by atoms with E-state index in [1.807, 2.05) is 17.0 Å². The molecule has 0 bridgehead atoms. The van der Waals surface area contributed by atoms with Crippen LogP contribution in [0.15, 0.2) is 24.3 Å². The summed E-state index contributed by atoms with van der Waals surface area (Å²) in [5.74, 6) is 0.256. The second-order valence-corrected chi connectivity index (χ2v) is 5.57. The molecule has 2 N–H and O–H groups in total. The number of carbonyl (C=O) groups excluding carboxylic acids is 1. The molecule has 0 radical (unpaired) electrons. The van der Waals surface area contributed by atoms with Crippen LogP contribution in [0.3, 0.4) is 0 Å². The highest BCUT2D eigenvalue weighted by Crippen LogP contribution is 2.33. The fraction of sp³-hybridized carbons (Fsp3) is 0.588. The summed E-state index contributed by atoms with van der Waals surface area (Å²) >= 11 is 0. The zero-order valence-corrected chi connectivity index (χ0v) is 15.5. The van der Waals surface area contributed by atoms with E-state index >= 15 is 0 Å². The van der Waals surface area contributed by atoms with Crippen LogP contribution in [-0.4, -0.2) is 32.1 Å². The summed E-state index contributed by atoms with van der Waals surface area (Å²) in [5.41, 5.74) is 7.74. The number of halogens is 2. The lowest BCUT2D eigenvalue weighted by Gasteiger charge is -2.37. The average molecular weight is 362 g/mol. The van der Waals surface area contributed by atoms with Gasteiger partial charge in [0.2, 0.25) is 5.91 Å². The van der Waals surface area contributed by atoms with Gasteiger partial charge >= 0.3 is 0 Å². The molecule has 1 aromatic carbocycles. The Kier molecular flexibility index (Phi) is 11.1. The molecule has 1 aromatic rings. The summed E-state index contributed by atoms with van der Waals surface area (Å²) in [6.07, 6.45) is 4.90. The first-order valence-corrected chi connectivity index (χ1v) is 8.12. The summed E-state index contributed by atoms with van der Waals surface area (Å²) in [6, 6.07) is 8.23. The minimum atomic E-state index is 0. The van der Waals surface area contributed by atoms with Crippen LogP contribution < -0.4 is 15.5 Å². The van der Waals surface area contributed by atoms with Crippen molar-refractivity contribution in [2.75, 3.05) is 36.0 Å². The van der Waals surface area contributed by atoms with Crippen LogP contribution in [-0.2, 0) is 4.79 Å². The van der Waals surface area contributed by atoms with Gasteiger partial charge < -0.3 is 15.5 Å². The minimum absolute atomic E-state index is 0. The van der Waals surface area contributed by atoms with Crippen LogP contribution in [0.2, 0.25) is 0 Å². The second-order valence-electron chi connectivity index (χ2n) is 5.57. The standard InChI is InChI=1S/C17H27N3O.2ClH/c1-2-19-13-14-20(16-10-7-6-9-15(16)19)17(21)11-5-3-4-8-12-18;;/h6-7,9-10H,2-5,8,11-14,18H2,1H3;2*1H. The van der Waals surface area contributed by atoms with Crippen LogP contribution in [0.5, 0.6) is 0 Å². The Bertz CT molecular complexity index is 471. The number of nitrogens with zero attached hydrogens (tertiary/aromatic N) is 2. The highest BCUT2D eigenvalue weighted by Gasteiger charge is 2.25. The summed E-state index contributed by atoms with van der Waals surface area (Å²) in [7, 11) is 0. The smallest absolute Gasteiger partial charge is 0.227 e. The van der Waals surface area contributed by atoms with Gasteiger partial charge in [0, 0.05) is 26.1 Å². The number of unbranched alkanes of at least 4 members (excludes halogenated alkanes) is 3. The number of fused-ring (bicyclic) bond motifs is 1. The van der Waals surface area contributed by atoms with Crippen LogP contribution >= 0.6 is 24.8 Å². The zero-order valence-electron chi connectivity index (χ0n) is 13.9. The van der Waals surface area contributed by atoms with Gasteiger partial charge in [-0.25, -0.2) is 0 Å². The molecular weight excluding hydrogens is 333 g/mol. The topological polar surface area (TPSA) is 49.6 Å². The Labute approximate surface area is 152 Å². The lowest BCUT2D eigenvalue weighted by atomic mass is 10.1. The SMILES string of the molecule is CCN1CCN(C(=O)CCCCCCN)c2ccccc21.Cl.Cl. The van der Waals surface area contributed by atoms with Crippen molar-refractivity contribution in [3.63, 3.8) is 0 Å². The number of benzene rings is 1. The fourth-order valence-electron chi connectivity index (χ4n) is 2.92. The minimum Gasteiger partial charge on any atom is -0.368 e. The largest absolute Gasteiger partial charge is 0.368 e. The van der Waals surface area contributed by atoms with E-state index in [0.29, 0.717) is 6.42 Å². The molecule has 0 unspecified atom stereocenters. The van der Waals surface area contributed by atoms with Crippen molar-refractivity contribution in [2.24, 2.45) is 5.73 Å². The zero-order chi connectivity index (χ0) is 15.1. The second kappa shape index (κ2) is 11.5. The number of para-hydroxylation sites is 2. The quantitative estimate of drug-likeness (QED) is 0.754. The lowest BCUT2D eigenvalue weighted by molar-refractivity contribution is -0.118. The fourth-order valence-corrected chi connectivity index (χ4v) is 2.92. The van der Waals surface area contributed by atoms with Gasteiger partial charge in [-0.05, 0) is 38.4 Å². The van der Waals surface area contributed by atoms with E-state index in [2.05, 4.69) is 24.0 Å². The normalized spacial score (nSPS) is 13.0. The van der Waals surface area contributed by atoms with Crippen LogP contribution in [0.4, 0.5) is 11.4 Å². The number of nitrogens with two attached hydrogens (primary N) is 1. The molecule has 2 rings (SSSR count). The number of carbonyl (C=O) groups is 1. The van der Waals surface area contributed by atoms with E-state index in [0.717, 1.165) is 57.5 Å². The first kappa shape index (κ1) is 22.0. The first-order chi connectivity index (χ1) is 10.3. The number of rotatable bonds is 7. The molecule has 0 aliphatic carbocycles. The molecule has 1 aliphatic heterocycles. The monoisotopic (exact) mass is 361 g/mol. The van der Waals surface area contributed by atoms with Gasteiger partial charge in [-0.3, -0.25) is 4.79 Å². The Balaban J connectivity index is 0.00000242. The molecule has 0 atom stereocenters. The van der Waals surface area contributed by atoms with Gasteiger partial charge in [0.1, 0.15) is 0 Å². The van der Waals surface area contributed by atoms with Gasteiger partial charge in [-0.2, -0.15) is 0 Å². The third kappa shape index (κ3) is 5.87. The maximum Gasteiger partial charge on any atom is 0.227 e. The summed E-state index contributed by atoms with van der Waals surface area (Å²) in [4.78, 5) is 16.8. The van der Waals surface area contributed by atoms with Crippen LogP contribution in [0, 0.1) is 0 Å². The van der Waals surface area contributed by atoms with Gasteiger partial charge in [0.25, 0.3) is 0 Å². The highest BCUT2D eigenvalue weighted by atomic mass is 35.5. The predicted molar refractivity (Wildman–Crippen MR) is 103 cm³/mol. The molecule has 0 saturated carbocycles. The van der Waals surface area contributed by atoms with Crippen LogP contribution in [0.25, 0.3) is 0 Å². The Morgan fingerprint density at radius 1 is 1.04 bits per heavy atom. The number of hydrogen-bond acceptors (Lipinski definition) is 3. The molecule has 1 amide bonds. The van der Waals surface area contributed by atoms with E-state index < -0.39 is 0 Å². The van der Waals surface area contributed by atoms with E-state index in [9.17, 15) is 4.79 Å². The number of amides is 1. The molecule has 23 heavy (non-hydrogen) atoms. The number of anilines is 2. The van der Waals surface area contributed by atoms with Gasteiger partial charge in [-0.15, -0.1) is 24.8 Å². The molecule has 132 valence electrons. The van der Waals surface area contributed by atoms with E-state index in [1.165, 1.54) is 5.69 Å². The van der Waals surface area contributed by atoms with Crippen molar-refractivity contribution in [3.05, 3.63) is 24.3 Å². The first-order valence-electron chi connectivity index (χ1n) is 8.12. The van der Waals surface area contributed by atoms with E-state index in [4.69, 9.17) is 5.73 Å². The summed E-state index contributed by atoms with van der Waals surface area (Å²) in [6.45, 7) is 5.61. The summed E-state index contributed by atoms with van der Waals surface area (Å²) in [5, 5.41) is 0. The van der Waals surface area contributed by atoms with Crippen molar-refractivity contribution in [1.29, 1.82) is 0 Å². The molecular formula is C17H29Cl2N3O. The van der Waals surface area contributed by atoms with Crippen molar-refractivity contribution in [2.45, 2.75) is 39.0 Å². The molecule has 1 heterocycles. The molecule has 0 spiro atoms. The lowest BCUT2D eigenvalue weighted by Crippen LogP contribution is -2.44. The van der Waals surface area contributed by atoms with Gasteiger partial charge in [0.05, 0.1) is 11.4 Å². The Hall–Kier alpha value is -0.970. The van der Waals surface area contributed by atoms with Crippen molar-refractivity contribution >= 4 is 42.1 Å². The summed E-state index contributed by atoms with van der Waals surface area (Å²) < 4.78 is 0. The maximum atomic E-state index is 12.5. The molecule has 0 aromatic heterocycles. The van der Waals surface area contributed by atoms with Gasteiger partial charge in [-0.1, -0.05) is 25.0 Å². The number of likely N-dealkylation sites (N-methyl/N-ethyl adjacent to an activating group) is 1. The van der Waals surface area contributed by atoms with Gasteiger partial charge in [0.15, 0.2) is 0 Å². The molecule has 0 fully saturated rings. The molecule has 4 nitrogen and oxygen atoms in total. The Morgan fingerprint density at radius 3 is 2.35 bits per heavy atom. The van der Waals surface area contributed by atoms with E-state index in [-0.39, 0.29) is 30.7 Å². The van der Waals surface area contributed by atoms with Crippen molar-refractivity contribution < 1.29 is 4.79 Å². The number of hydrogen-bond donors (Lipinski definition) is 1. The van der Waals surface area contributed by atoms with Crippen molar-refractivity contribution in [1.82, 2.24) is 0 Å². The highest BCUT2D eigenvalue weighted by molar-refractivity contribution is 5.97. The Morgan fingerprint density at radius 2 is 1.70 bits per heavy atom. The van der Waals surface area contributed by atoms with E-state index in [1.54, 1.807) is 0 Å². The van der Waals surface area contributed by atoms with Crippen molar-refractivity contribution in [3.8, 4) is 0 Å². The third-order valence-electron chi connectivity index (χ3n) is 4.13. The average Bonchev–Trinajstić information content (AvgIpc) is 2.53. The molecule has 0 saturated heterocycles. The molecule has 6 heteroatoms. The third-order valence-corrected chi connectivity index (χ3v) is 4.13. The predicted octanol–water partition coefficient (Wildman–Crippen LogP) is 3.61. The molecule has 1 aliphatic rings.